The van der Waals surface area contributed by atoms with Crippen molar-refractivity contribution in [2.45, 2.75) is 45.0 Å². The second-order valence-electron chi connectivity index (χ2n) is 6.83. The summed E-state index contributed by atoms with van der Waals surface area (Å²) in [6.45, 7) is 4.48. The molecule has 0 heterocycles. The number of benzene rings is 2. The van der Waals surface area contributed by atoms with E-state index in [1.54, 1.807) is 34.9 Å². The summed E-state index contributed by atoms with van der Waals surface area (Å²) in [6, 6.07) is 14.8. The van der Waals surface area contributed by atoms with Gasteiger partial charge in [0.1, 0.15) is 6.04 Å². The molecule has 1 atom stereocenters. The van der Waals surface area contributed by atoms with Gasteiger partial charge in [0, 0.05) is 46.6 Å². The lowest BCUT2D eigenvalue weighted by Gasteiger charge is -2.31. The van der Waals surface area contributed by atoms with Gasteiger partial charge in [-0.15, -0.1) is 0 Å². The summed E-state index contributed by atoms with van der Waals surface area (Å²) in [6.07, 6.45) is 0.853. The molecule has 0 spiro atoms. The maximum atomic E-state index is 13.1. The molecule has 0 bridgehead atoms. The van der Waals surface area contributed by atoms with Crippen LogP contribution in [-0.2, 0) is 21.9 Å². The van der Waals surface area contributed by atoms with E-state index in [9.17, 15) is 9.59 Å². The molecule has 0 aromatic heterocycles. The van der Waals surface area contributed by atoms with Crippen molar-refractivity contribution >= 4 is 46.8 Å². The van der Waals surface area contributed by atoms with Crippen LogP contribution in [0.2, 0.25) is 10.0 Å². The fourth-order valence-corrected chi connectivity index (χ4v) is 4.54. The minimum Gasteiger partial charge on any atom is -0.355 e. The van der Waals surface area contributed by atoms with Crippen LogP contribution in [0.25, 0.3) is 0 Å². The highest BCUT2D eigenvalue weighted by Gasteiger charge is 2.29. The lowest BCUT2D eigenvalue weighted by Crippen LogP contribution is -2.49. The molecular formula is C23H28Cl2N2O2S. The second kappa shape index (κ2) is 12.9. The third-order valence-electron chi connectivity index (χ3n) is 4.70. The van der Waals surface area contributed by atoms with Crippen molar-refractivity contribution < 1.29 is 9.59 Å². The van der Waals surface area contributed by atoms with Gasteiger partial charge in [0.25, 0.3) is 0 Å². The van der Waals surface area contributed by atoms with Gasteiger partial charge in [-0.1, -0.05) is 66.5 Å². The Labute approximate surface area is 193 Å². The van der Waals surface area contributed by atoms with E-state index in [1.807, 2.05) is 32.0 Å². The lowest BCUT2D eigenvalue weighted by molar-refractivity contribution is -0.141. The molecule has 0 saturated heterocycles. The molecule has 0 radical (unpaired) electrons. The Morgan fingerprint density at radius 2 is 1.70 bits per heavy atom. The SMILES string of the molecule is CCNC(=O)[C@H](CC)N(Cc1c(Cl)cccc1Cl)C(=O)CCSCc1ccccc1. The number of halogens is 2. The zero-order valence-corrected chi connectivity index (χ0v) is 19.7. The van der Waals surface area contributed by atoms with E-state index in [4.69, 9.17) is 23.2 Å². The first-order chi connectivity index (χ1) is 14.5. The summed E-state index contributed by atoms with van der Waals surface area (Å²) >= 11 is 14.4. The fraction of sp³-hybridized carbons (Fsp3) is 0.391. The second-order valence-corrected chi connectivity index (χ2v) is 8.75. The highest BCUT2D eigenvalue weighted by molar-refractivity contribution is 7.98. The molecule has 0 fully saturated rings. The Kier molecular flexibility index (Phi) is 10.6. The van der Waals surface area contributed by atoms with Crippen LogP contribution in [0.3, 0.4) is 0 Å². The van der Waals surface area contributed by atoms with Gasteiger partial charge in [-0.25, -0.2) is 0 Å². The van der Waals surface area contributed by atoms with Crippen molar-refractivity contribution in [3.63, 3.8) is 0 Å². The maximum absolute atomic E-state index is 13.1. The predicted molar refractivity (Wildman–Crippen MR) is 127 cm³/mol. The van der Waals surface area contributed by atoms with E-state index in [1.165, 1.54) is 5.56 Å². The molecule has 2 aromatic carbocycles. The molecule has 0 aliphatic heterocycles. The number of likely N-dealkylation sites (N-methyl/N-ethyl adjacent to an activating group) is 1. The van der Waals surface area contributed by atoms with Crippen LogP contribution in [0.4, 0.5) is 0 Å². The van der Waals surface area contributed by atoms with E-state index in [2.05, 4.69) is 17.4 Å². The minimum atomic E-state index is -0.566. The summed E-state index contributed by atoms with van der Waals surface area (Å²) < 4.78 is 0. The van der Waals surface area contributed by atoms with Gasteiger partial charge in [-0.05, 0) is 31.0 Å². The van der Waals surface area contributed by atoms with Gasteiger partial charge in [-0.3, -0.25) is 9.59 Å². The van der Waals surface area contributed by atoms with Crippen molar-refractivity contribution in [1.82, 2.24) is 10.2 Å². The number of nitrogens with one attached hydrogen (secondary N) is 1. The van der Waals surface area contributed by atoms with Crippen LogP contribution in [-0.4, -0.2) is 35.1 Å². The number of nitrogens with zero attached hydrogens (tertiary/aromatic N) is 1. The standard InChI is InChI=1S/C23H28Cl2N2O2S/c1-3-21(23(29)26-4-2)27(15-18-19(24)11-8-12-20(18)25)22(28)13-14-30-16-17-9-6-5-7-10-17/h5-12,21H,3-4,13-16H2,1-2H3,(H,26,29)/t21-/m0/s1. The molecule has 0 aliphatic carbocycles. The molecule has 7 heteroatoms. The molecule has 1 N–H and O–H groups in total. The third-order valence-corrected chi connectivity index (χ3v) is 6.44. The van der Waals surface area contributed by atoms with Crippen LogP contribution in [0.15, 0.2) is 48.5 Å². The normalized spacial score (nSPS) is 11.7. The minimum absolute atomic E-state index is 0.0790. The lowest BCUT2D eigenvalue weighted by atomic mass is 10.1. The smallest absolute Gasteiger partial charge is 0.242 e. The molecule has 0 saturated carbocycles. The van der Waals surface area contributed by atoms with E-state index in [0.717, 1.165) is 5.75 Å². The largest absolute Gasteiger partial charge is 0.355 e. The summed E-state index contributed by atoms with van der Waals surface area (Å²) in [5, 5.41) is 3.81. The van der Waals surface area contributed by atoms with Gasteiger partial charge in [0.15, 0.2) is 0 Å². The first-order valence-electron chi connectivity index (χ1n) is 10.1. The molecule has 162 valence electrons. The van der Waals surface area contributed by atoms with Crippen LogP contribution in [0.1, 0.15) is 37.8 Å². The third kappa shape index (κ3) is 7.22. The zero-order valence-electron chi connectivity index (χ0n) is 17.4. The van der Waals surface area contributed by atoms with Gasteiger partial charge in [0.05, 0.1) is 0 Å². The first-order valence-corrected chi connectivity index (χ1v) is 12.0. The number of hydrogen-bond acceptors (Lipinski definition) is 3. The Hall–Kier alpha value is -1.69. The topological polar surface area (TPSA) is 49.4 Å². The number of thioether (sulfide) groups is 1. The molecule has 0 unspecified atom stereocenters. The molecule has 0 aliphatic rings. The quantitative estimate of drug-likeness (QED) is 0.440. The summed E-state index contributed by atoms with van der Waals surface area (Å²) in [5.74, 6) is 1.28. The first kappa shape index (κ1) is 24.6. The molecule has 4 nitrogen and oxygen atoms in total. The van der Waals surface area contributed by atoms with Crippen molar-refractivity contribution in [2.24, 2.45) is 0 Å². The Balaban J connectivity index is 2.10. The van der Waals surface area contributed by atoms with Crippen molar-refractivity contribution in [3.05, 3.63) is 69.7 Å². The van der Waals surface area contributed by atoms with E-state index >= 15 is 0 Å². The highest BCUT2D eigenvalue weighted by atomic mass is 35.5. The summed E-state index contributed by atoms with van der Waals surface area (Å²) in [4.78, 5) is 27.4. The predicted octanol–water partition coefficient (Wildman–Crippen LogP) is 5.56. The Morgan fingerprint density at radius 1 is 1.03 bits per heavy atom. The Morgan fingerprint density at radius 3 is 2.30 bits per heavy atom. The molecule has 2 amide bonds. The average Bonchev–Trinajstić information content (AvgIpc) is 2.74. The average molecular weight is 467 g/mol. The summed E-state index contributed by atoms with van der Waals surface area (Å²) in [7, 11) is 0. The monoisotopic (exact) mass is 466 g/mol. The van der Waals surface area contributed by atoms with Crippen LogP contribution in [0.5, 0.6) is 0 Å². The van der Waals surface area contributed by atoms with Crippen molar-refractivity contribution in [2.75, 3.05) is 12.3 Å². The number of amides is 2. The van der Waals surface area contributed by atoms with E-state index in [0.29, 0.717) is 40.7 Å². The van der Waals surface area contributed by atoms with E-state index in [-0.39, 0.29) is 18.4 Å². The molecule has 30 heavy (non-hydrogen) atoms. The van der Waals surface area contributed by atoms with Gasteiger partial charge in [0.2, 0.25) is 11.8 Å². The maximum Gasteiger partial charge on any atom is 0.242 e. The van der Waals surface area contributed by atoms with Gasteiger partial charge < -0.3 is 10.2 Å². The molecule has 2 aromatic rings. The Bertz CT molecular complexity index is 813. The van der Waals surface area contributed by atoms with Crippen LogP contribution >= 0.6 is 35.0 Å². The van der Waals surface area contributed by atoms with Crippen molar-refractivity contribution in [1.29, 1.82) is 0 Å². The van der Waals surface area contributed by atoms with Crippen LogP contribution in [0, 0.1) is 0 Å². The number of rotatable bonds is 11. The summed E-state index contributed by atoms with van der Waals surface area (Å²) in [5.41, 5.74) is 1.89. The molecule has 2 rings (SSSR count). The number of carbonyl (C=O) groups excluding carboxylic acids is 2. The van der Waals surface area contributed by atoms with E-state index < -0.39 is 6.04 Å². The zero-order chi connectivity index (χ0) is 21.9. The van der Waals surface area contributed by atoms with Gasteiger partial charge in [-0.2, -0.15) is 11.8 Å². The van der Waals surface area contributed by atoms with Crippen LogP contribution < -0.4 is 5.32 Å². The highest BCUT2D eigenvalue weighted by Crippen LogP contribution is 2.27. The fourth-order valence-electron chi connectivity index (χ4n) is 3.13. The number of hydrogen-bond donors (Lipinski definition) is 1. The molecular weight excluding hydrogens is 439 g/mol. The van der Waals surface area contributed by atoms with Crippen molar-refractivity contribution in [3.8, 4) is 0 Å². The number of carbonyl (C=O) groups is 2. The van der Waals surface area contributed by atoms with Gasteiger partial charge >= 0.3 is 0 Å².